The first-order chi connectivity index (χ1) is 13.9. The topological polar surface area (TPSA) is 24.4 Å². The van der Waals surface area contributed by atoms with Gasteiger partial charge < -0.3 is 5.32 Å². The summed E-state index contributed by atoms with van der Waals surface area (Å²) in [5, 5.41) is 6.25. The molecule has 1 aliphatic heterocycles. The SMILES string of the molecule is c1ccc([C@H]2N=C(Cc3ccc4ccccc4c3)N[C@H]2c2ccccc2)cc1. The number of amidine groups is 1. The van der Waals surface area contributed by atoms with Gasteiger partial charge in [0.1, 0.15) is 11.9 Å². The van der Waals surface area contributed by atoms with Crippen LogP contribution in [0.3, 0.4) is 0 Å². The van der Waals surface area contributed by atoms with E-state index in [0.717, 1.165) is 12.3 Å². The van der Waals surface area contributed by atoms with E-state index in [9.17, 15) is 0 Å². The van der Waals surface area contributed by atoms with Gasteiger partial charge >= 0.3 is 0 Å². The zero-order valence-corrected chi connectivity index (χ0v) is 15.6. The Balaban J connectivity index is 1.47. The minimum Gasteiger partial charge on any atom is -0.364 e. The smallest absolute Gasteiger partial charge is 0.102 e. The lowest BCUT2D eigenvalue weighted by Gasteiger charge is -2.19. The third-order valence-corrected chi connectivity index (χ3v) is 5.42. The maximum absolute atomic E-state index is 5.10. The molecule has 0 bridgehead atoms. The second-order valence-electron chi connectivity index (χ2n) is 7.32. The molecular formula is C26H22N2. The molecule has 0 fully saturated rings. The minimum atomic E-state index is 0.0963. The number of nitrogens with zero attached hydrogens (tertiary/aromatic N) is 1. The van der Waals surface area contributed by atoms with Crippen molar-refractivity contribution in [3.05, 3.63) is 120 Å². The van der Waals surface area contributed by atoms with Gasteiger partial charge in [0, 0.05) is 6.42 Å². The quantitative estimate of drug-likeness (QED) is 0.483. The van der Waals surface area contributed by atoms with Crippen molar-refractivity contribution in [1.29, 1.82) is 0 Å². The lowest BCUT2D eigenvalue weighted by atomic mass is 9.95. The number of hydrogen-bond acceptors (Lipinski definition) is 2. The van der Waals surface area contributed by atoms with E-state index in [4.69, 9.17) is 4.99 Å². The molecule has 0 saturated heterocycles. The summed E-state index contributed by atoms with van der Waals surface area (Å²) in [4.78, 5) is 5.10. The molecule has 0 aromatic heterocycles. The van der Waals surface area contributed by atoms with Gasteiger partial charge in [-0.1, -0.05) is 103 Å². The Morgan fingerprint density at radius 1 is 0.643 bits per heavy atom. The van der Waals surface area contributed by atoms with Crippen molar-refractivity contribution >= 4 is 16.6 Å². The van der Waals surface area contributed by atoms with Crippen LogP contribution >= 0.6 is 0 Å². The molecule has 0 amide bonds. The average Bonchev–Trinajstić information content (AvgIpc) is 3.19. The van der Waals surface area contributed by atoms with Crippen molar-refractivity contribution in [2.24, 2.45) is 4.99 Å². The molecule has 0 radical (unpaired) electrons. The van der Waals surface area contributed by atoms with Crippen molar-refractivity contribution in [2.45, 2.75) is 18.5 Å². The van der Waals surface area contributed by atoms with E-state index in [0.29, 0.717) is 0 Å². The van der Waals surface area contributed by atoms with Crippen LogP contribution in [0.5, 0.6) is 0 Å². The Bertz CT molecular complexity index is 1120. The van der Waals surface area contributed by atoms with Gasteiger partial charge in [0.25, 0.3) is 0 Å². The fourth-order valence-corrected chi connectivity index (χ4v) is 4.02. The van der Waals surface area contributed by atoms with Crippen LogP contribution in [-0.2, 0) is 6.42 Å². The van der Waals surface area contributed by atoms with Crippen LogP contribution in [0.25, 0.3) is 10.8 Å². The Hall–Kier alpha value is -3.39. The molecule has 2 nitrogen and oxygen atoms in total. The molecule has 1 aliphatic rings. The van der Waals surface area contributed by atoms with Gasteiger partial charge in [0.05, 0.1) is 6.04 Å². The predicted octanol–water partition coefficient (Wildman–Crippen LogP) is 5.87. The number of fused-ring (bicyclic) bond motifs is 1. The van der Waals surface area contributed by atoms with E-state index in [1.165, 1.54) is 27.5 Å². The molecule has 136 valence electrons. The van der Waals surface area contributed by atoms with Gasteiger partial charge in [0.2, 0.25) is 0 Å². The molecule has 0 spiro atoms. The molecule has 0 aliphatic carbocycles. The zero-order chi connectivity index (χ0) is 18.8. The monoisotopic (exact) mass is 362 g/mol. The lowest BCUT2D eigenvalue weighted by molar-refractivity contribution is 0.572. The maximum atomic E-state index is 5.10. The fourth-order valence-electron chi connectivity index (χ4n) is 4.02. The Kier molecular flexibility index (Phi) is 4.38. The summed E-state index contributed by atoms with van der Waals surface area (Å²) in [5.74, 6) is 1.05. The summed E-state index contributed by atoms with van der Waals surface area (Å²) in [6.07, 6.45) is 0.817. The van der Waals surface area contributed by atoms with Crippen LogP contribution in [-0.4, -0.2) is 5.84 Å². The Morgan fingerprint density at radius 3 is 2.04 bits per heavy atom. The van der Waals surface area contributed by atoms with Gasteiger partial charge in [-0.25, -0.2) is 0 Å². The van der Waals surface area contributed by atoms with Crippen LogP contribution < -0.4 is 5.32 Å². The normalized spacial score (nSPS) is 18.6. The summed E-state index contributed by atoms with van der Waals surface area (Å²) in [6, 6.07) is 36.6. The summed E-state index contributed by atoms with van der Waals surface area (Å²) in [7, 11) is 0. The van der Waals surface area contributed by atoms with Crippen molar-refractivity contribution in [1.82, 2.24) is 5.32 Å². The van der Waals surface area contributed by atoms with E-state index < -0.39 is 0 Å². The highest BCUT2D eigenvalue weighted by Crippen LogP contribution is 2.36. The third kappa shape index (κ3) is 3.29. The zero-order valence-electron chi connectivity index (χ0n) is 15.6. The van der Waals surface area contributed by atoms with E-state index in [1.807, 2.05) is 0 Å². The third-order valence-electron chi connectivity index (χ3n) is 5.42. The number of aliphatic imine (C=N–C) groups is 1. The van der Waals surface area contributed by atoms with Crippen molar-refractivity contribution in [2.75, 3.05) is 0 Å². The Labute approximate surface area is 165 Å². The van der Waals surface area contributed by atoms with Crippen molar-refractivity contribution in [3.8, 4) is 0 Å². The maximum Gasteiger partial charge on any atom is 0.102 e. The highest BCUT2D eigenvalue weighted by molar-refractivity contribution is 5.89. The van der Waals surface area contributed by atoms with Crippen LogP contribution in [0.15, 0.2) is 108 Å². The number of nitrogens with one attached hydrogen (secondary N) is 1. The van der Waals surface area contributed by atoms with Crippen LogP contribution in [0.4, 0.5) is 0 Å². The summed E-state index contributed by atoms with van der Waals surface area (Å²) >= 11 is 0. The largest absolute Gasteiger partial charge is 0.364 e. The molecule has 1 heterocycles. The van der Waals surface area contributed by atoms with E-state index in [2.05, 4.69) is 108 Å². The second kappa shape index (κ2) is 7.32. The molecular weight excluding hydrogens is 340 g/mol. The highest BCUT2D eigenvalue weighted by atomic mass is 15.1. The van der Waals surface area contributed by atoms with Crippen molar-refractivity contribution in [3.63, 3.8) is 0 Å². The standard InChI is InChI=1S/C26H22N2/c1-3-10-21(11-4-1)25-26(22-12-5-2-6-13-22)28-24(27-25)18-19-15-16-20-9-7-8-14-23(20)17-19/h1-17,25-26H,18H2,(H,27,28)/t25-,26+. The van der Waals surface area contributed by atoms with Gasteiger partial charge in [-0.2, -0.15) is 0 Å². The Morgan fingerprint density at radius 2 is 1.29 bits per heavy atom. The number of benzene rings is 4. The molecule has 0 unspecified atom stereocenters. The minimum absolute atomic E-state index is 0.0963. The molecule has 1 N–H and O–H groups in total. The number of hydrogen-bond donors (Lipinski definition) is 1. The van der Waals surface area contributed by atoms with Crippen LogP contribution in [0, 0.1) is 0 Å². The molecule has 2 atom stereocenters. The summed E-state index contributed by atoms with van der Waals surface area (Å²) in [6.45, 7) is 0. The predicted molar refractivity (Wildman–Crippen MR) is 117 cm³/mol. The molecule has 4 aromatic carbocycles. The van der Waals surface area contributed by atoms with E-state index in [-0.39, 0.29) is 12.1 Å². The van der Waals surface area contributed by atoms with Crippen LogP contribution in [0.1, 0.15) is 28.8 Å². The van der Waals surface area contributed by atoms with E-state index >= 15 is 0 Å². The first-order valence-electron chi connectivity index (χ1n) is 9.78. The van der Waals surface area contributed by atoms with Gasteiger partial charge in [-0.3, -0.25) is 4.99 Å². The molecule has 2 heteroatoms. The molecule has 4 aromatic rings. The molecule has 0 saturated carbocycles. The fraction of sp³-hybridized carbons (Fsp3) is 0.115. The summed E-state index contributed by atoms with van der Waals surface area (Å²) < 4.78 is 0. The van der Waals surface area contributed by atoms with Crippen molar-refractivity contribution < 1.29 is 0 Å². The lowest BCUT2D eigenvalue weighted by Crippen LogP contribution is -2.25. The first-order valence-corrected chi connectivity index (χ1v) is 9.78. The highest BCUT2D eigenvalue weighted by Gasteiger charge is 2.30. The van der Waals surface area contributed by atoms with Crippen LogP contribution in [0.2, 0.25) is 0 Å². The van der Waals surface area contributed by atoms with E-state index in [1.54, 1.807) is 0 Å². The second-order valence-corrected chi connectivity index (χ2v) is 7.32. The van der Waals surface area contributed by atoms with Gasteiger partial charge in [-0.05, 0) is 27.5 Å². The average molecular weight is 362 g/mol. The van der Waals surface area contributed by atoms with Gasteiger partial charge in [-0.15, -0.1) is 0 Å². The molecule has 5 rings (SSSR count). The van der Waals surface area contributed by atoms with Gasteiger partial charge in [0.15, 0.2) is 0 Å². The molecule has 28 heavy (non-hydrogen) atoms. The number of rotatable bonds is 4. The summed E-state index contributed by atoms with van der Waals surface area (Å²) in [5.41, 5.74) is 3.80. The first kappa shape index (κ1) is 16.8.